The van der Waals surface area contributed by atoms with E-state index in [-0.39, 0.29) is 0 Å². The van der Waals surface area contributed by atoms with Crippen molar-refractivity contribution in [3.8, 4) is 5.82 Å². The molecule has 0 aliphatic carbocycles. The van der Waals surface area contributed by atoms with Gasteiger partial charge in [-0.3, -0.25) is 0 Å². The molecule has 0 saturated heterocycles. The summed E-state index contributed by atoms with van der Waals surface area (Å²) in [5.41, 5.74) is 5.97. The van der Waals surface area contributed by atoms with E-state index in [1.807, 2.05) is 30.5 Å². The van der Waals surface area contributed by atoms with Crippen molar-refractivity contribution in [2.24, 2.45) is 0 Å². The molecule has 0 atom stereocenters. The molecule has 0 saturated carbocycles. The second kappa shape index (κ2) is 7.61. The summed E-state index contributed by atoms with van der Waals surface area (Å²) in [6.45, 7) is 0. The smallest absolute Gasteiger partial charge is 0.137 e. The second-order valence-electron chi connectivity index (χ2n) is 6.98. The highest BCUT2D eigenvalue weighted by molar-refractivity contribution is 5.95. The van der Waals surface area contributed by atoms with Crippen molar-refractivity contribution in [3.63, 3.8) is 0 Å². The van der Waals surface area contributed by atoms with Gasteiger partial charge in [0, 0.05) is 17.8 Å². The first-order valence-electron chi connectivity index (χ1n) is 9.73. The molecular formula is C27H20N2. The van der Waals surface area contributed by atoms with E-state index in [0.717, 1.165) is 11.3 Å². The number of rotatable bonds is 4. The molecule has 3 aromatic carbocycles. The van der Waals surface area contributed by atoms with Gasteiger partial charge in [-0.15, -0.1) is 0 Å². The number of pyridine rings is 1. The minimum Gasteiger partial charge on any atom is -0.301 e. The van der Waals surface area contributed by atoms with E-state index in [0.29, 0.717) is 0 Å². The van der Waals surface area contributed by atoms with Gasteiger partial charge in [0.1, 0.15) is 5.82 Å². The third kappa shape index (κ3) is 3.48. The highest BCUT2D eigenvalue weighted by Gasteiger charge is 2.09. The van der Waals surface area contributed by atoms with Crippen molar-refractivity contribution >= 4 is 22.6 Å². The standard InChI is InChI=1S/C27H20N2/c1-3-9-21(10-4-1)19-25(22-11-5-2-6-12-22)23-14-15-26-24(20-23)16-18-29(26)27-13-7-8-17-28-27/h1-20H. The van der Waals surface area contributed by atoms with E-state index < -0.39 is 0 Å². The average molecular weight is 372 g/mol. The number of fused-ring (bicyclic) bond motifs is 1. The van der Waals surface area contributed by atoms with Crippen molar-refractivity contribution in [2.75, 3.05) is 0 Å². The van der Waals surface area contributed by atoms with E-state index >= 15 is 0 Å². The third-order valence-corrected chi connectivity index (χ3v) is 5.09. The van der Waals surface area contributed by atoms with Crippen LogP contribution < -0.4 is 0 Å². The van der Waals surface area contributed by atoms with Gasteiger partial charge in [-0.25, -0.2) is 4.98 Å². The van der Waals surface area contributed by atoms with Gasteiger partial charge >= 0.3 is 0 Å². The summed E-state index contributed by atoms with van der Waals surface area (Å²) in [6.07, 6.45) is 6.16. The maximum atomic E-state index is 4.48. The number of nitrogens with zero attached hydrogens (tertiary/aromatic N) is 2. The highest BCUT2D eigenvalue weighted by atomic mass is 15.0. The van der Waals surface area contributed by atoms with Crippen LogP contribution in [0.1, 0.15) is 16.7 Å². The van der Waals surface area contributed by atoms with Crippen LogP contribution in [0.5, 0.6) is 0 Å². The quantitative estimate of drug-likeness (QED) is 0.324. The fraction of sp³-hybridized carbons (Fsp3) is 0. The molecule has 0 aliphatic rings. The summed E-state index contributed by atoms with van der Waals surface area (Å²) in [4.78, 5) is 4.48. The fourth-order valence-corrected chi connectivity index (χ4v) is 3.67. The number of benzene rings is 3. The molecule has 0 spiro atoms. The zero-order valence-corrected chi connectivity index (χ0v) is 15.9. The van der Waals surface area contributed by atoms with E-state index in [9.17, 15) is 0 Å². The van der Waals surface area contributed by atoms with Crippen LogP contribution in [0.3, 0.4) is 0 Å². The zero-order valence-electron chi connectivity index (χ0n) is 15.9. The first-order chi connectivity index (χ1) is 14.4. The van der Waals surface area contributed by atoms with Gasteiger partial charge in [0.15, 0.2) is 0 Å². The molecule has 5 rings (SSSR count). The van der Waals surface area contributed by atoms with Crippen LogP contribution in [-0.4, -0.2) is 9.55 Å². The Morgan fingerprint density at radius 2 is 1.45 bits per heavy atom. The number of hydrogen-bond acceptors (Lipinski definition) is 1. The topological polar surface area (TPSA) is 17.8 Å². The van der Waals surface area contributed by atoms with E-state index in [4.69, 9.17) is 0 Å². The van der Waals surface area contributed by atoms with Crippen LogP contribution >= 0.6 is 0 Å². The van der Waals surface area contributed by atoms with Crippen molar-refractivity contribution in [1.82, 2.24) is 9.55 Å². The van der Waals surface area contributed by atoms with Gasteiger partial charge < -0.3 is 4.57 Å². The highest BCUT2D eigenvalue weighted by Crippen LogP contribution is 2.29. The first kappa shape index (κ1) is 17.2. The van der Waals surface area contributed by atoms with E-state index in [1.54, 1.807) is 0 Å². The van der Waals surface area contributed by atoms with Crippen LogP contribution in [-0.2, 0) is 0 Å². The van der Waals surface area contributed by atoms with Crippen molar-refractivity contribution in [3.05, 3.63) is 132 Å². The Morgan fingerprint density at radius 1 is 0.690 bits per heavy atom. The lowest BCUT2D eigenvalue weighted by Gasteiger charge is -2.10. The molecule has 5 aromatic rings. The monoisotopic (exact) mass is 372 g/mol. The molecule has 0 aliphatic heterocycles. The van der Waals surface area contributed by atoms with Crippen LogP contribution in [0.25, 0.3) is 28.4 Å². The Morgan fingerprint density at radius 3 is 2.21 bits per heavy atom. The summed E-state index contributed by atoms with van der Waals surface area (Å²) >= 11 is 0. The SMILES string of the molecule is C(=C(c1ccccc1)c1ccc2c(ccn2-c2ccccn2)c1)c1ccccc1. The normalized spacial score (nSPS) is 11.7. The molecule has 0 fully saturated rings. The lowest BCUT2D eigenvalue weighted by atomic mass is 9.95. The largest absolute Gasteiger partial charge is 0.301 e. The van der Waals surface area contributed by atoms with Crippen LogP contribution in [0.2, 0.25) is 0 Å². The second-order valence-corrected chi connectivity index (χ2v) is 6.98. The van der Waals surface area contributed by atoms with E-state index in [2.05, 4.69) is 101 Å². The van der Waals surface area contributed by atoms with E-state index in [1.165, 1.54) is 27.6 Å². The maximum Gasteiger partial charge on any atom is 0.137 e. The van der Waals surface area contributed by atoms with Gasteiger partial charge in [-0.1, -0.05) is 72.8 Å². The summed E-state index contributed by atoms with van der Waals surface area (Å²) in [7, 11) is 0. The van der Waals surface area contributed by atoms with Crippen LogP contribution in [0.15, 0.2) is 116 Å². The van der Waals surface area contributed by atoms with Crippen molar-refractivity contribution in [2.45, 2.75) is 0 Å². The molecule has 2 aromatic heterocycles. The predicted octanol–water partition coefficient (Wildman–Crippen LogP) is 6.61. The van der Waals surface area contributed by atoms with Gasteiger partial charge in [0.25, 0.3) is 0 Å². The van der Waals surface area contributed by atoms with Crippen LogP contribution in [0, 0.1) is 0 Å². The fourth-order valence-electron chi connectivity index (χ4n) is 3.67. The average Bonchev–Trinajstić information content (AvgIpc) is 3.23. The zero-order chi connectivity index (χ0) is 19.5. The molecule has 0 amide bonds. The lowest BCUT2D eigenvalue weighted by molar-refractivity contribution is 1.04. The Hall–Kier alpha value is -3.91. The van der Waals surface area contributed by atoms with Gasteiger partial charge in [-0.2, -0.15) is 0 Å². The molecular weight excluding hydrogens is 352 g/mol. The molecule has 0 radical (unpaired) electrons. The summed E-state index contributed by atoms with van der Waals surface area (Å²) in [5, 5.41) is 1.20. The summed E-state index contributed by atoms with van der Waals surface area (Å²) in [5.74, 6) is 0.929. The molecule has 0 N–H and O–H groups in total. The van der Waals surface area contributed by atoms with Crippen molar-refractivity contribution in [1.29, 1.82) is 0 Å². The van der Waals surface area contributed by atoms with Gasteiger partial charge in [-0.05, 0) is 58.7 Å². The molecule has 0 unspecified atom stereocenters. The Labute approximate surface area is 170 Å². The van der Waals surface area contributed by atoms with Crippen LogP contribution in [0.4, 0.5) is 0 Å². The van der Waals surface area contributed by atoms with Gasteiger partial charge in [0.2, 0.25) is 0 Å². The number of aromatic nitrogens is 2. The Bertz CT molecular complexity index is 1270. The molecule has 0 bridgehead atoms. The molecule has 2 heteroatoms. The Kier molecular flexibility index (Phi) is 4.51. The predicted molar refractivity (Wildman–Crippen MR) is 121 cm³/mol. The summed E-state index contributed by atoms with van der Waals surface area (Å²) < 4.78 is 2.13. The number of hydrogen-bond donors (Lipinski definition) is 0. The third-order valence-electron chi connectivity index (χ3n) is 5.09. The maximum absolute atomic E-state index is 4.48. The van der Waals surface area contributed by atoms with Crippen molar-refractivity contribution < 1.29 is 0 Å². The lowest BCUT2D eigenvalue weighted by Crippen LogP contribution is -1.94. The minimum absolute atomic E-state index is 0.929. The Balaban J connectivity index is 1.64. The molecule has 2 heterocycles. The van der Waals surface area contributed by atoms with Gasteiger partial charge in [0.05, 0.1) is 5.52 Å². The summed E-state index contributed by atoms with van der Waals surface area (Å²) in [6, 6.07) is 35.8. The minimum atomic E-state index is 0.929. The molecule has 2 nitrogen and oxygen atoms in total. The first-order valence-corrected chi connectivity index (χ1v) is 9.73. The molecule has 29 heavy (non-hydrogen) atoms. The molecule has 138 valence electrons.